The van der Waals surface area contributed by atoms with Crippen LogP contribution in [0.1, 0.15) is 11.1 Å². The molecule has 0 bridgehead atoms. The number of halogens is 6. The molecule has 94 heavy (non-hydrogen) atoms. The third-order valence-electron chi connectivity index (χ3n) is 17.0. The molecule has 0 aliphatic rings. The maximum Gasteiger partial charge on any atom is 0.416 e. The number of hydrogen-bond donors (Lipinski definition) is 0. The number of alkyl halides is 6. The lowest BCUT2D eigenvalue weighted by molar-refractivity contribution is -0.138. The summed E-state index contributed by atoms with van der Waals surface area (Å²) in [6.07, 6.45) is -9.17. The van der Waals surface area contributed by atoms with Crippen LogP contribution in [-0.2, 0) is 12.4 Å². The fraction of sp³-hybridized carbons (Fsp3) is 0.0250. The second kappa shape index (κ2) is 23.0. The highest BCUT2D eigenvalue weighted by molar-refractivity contribution is 6.11. The van der Waals surface area contributed by atoms with Gasteiger partial charge in [0.25, 0.3) is 0 Å². The molecule has 4 aromatic heterocycles. The molecule has 0 aliphatic carbocycles. The van der Waals surface area contributed by atoms with E-state index in [2.05, 4.69) is 12.1 Å². The number of fused-ring (bicyclic) bond motifs is 6. The van der Waals surface area contributed by atoms with Crippen LogP contribution in [0.15, 0.2) is 291 Å². The molecule has 0 amide bonds. The number of benzene rings is 12. The Morgan fingerprint density at radius 1 is 0.213 bits per heavy atom. The summed E-state index contributed by atoms with van der Waals surface area (Å²) in [4.78, 5) is 30.8. The van der Waals surface area contributed by atoms with Gasteiger partial charge in [-0.1, -0.05) is 206 Å². The molecule has 0 radical (unpaired) electrons. The van der Waals surface area contributed by atoms with Crippen LogP contribution in [0.5, 0.6) is 0 Å². The Morgan fingerprint density at radius 2 is 0.479 bits per heavy atom. The van der Waals surface area contributed by atoms with E-state index in [1.807, 2.05) is 252 Å². The minimum atomic E-state index is -4.58. The van der Waals surface area contributed by atoms with Gasteiger partial charge in [0, 0.05) is 66.3 Å². The first-order chi connectivity index (χ1) is 45.8. The third kappa shape index (κ3) is 10.5. The largest absolute Gasteiger partial charge is 0.416 e. The first kappa shape index (κ1) is 57.0. The van der Waals surface area contributed by atoms with Crippen LogP contribution in [0, 0.1) is 0 Å². The summed E-state index contributed by atoms with van der Waals surface area (Å²) in [5.41, 5.74) is 11.3. The van der Waals surface area contributed by atoms with Crippen LogP contribution in [0.4, 0.5) is 26.3 Å². The number of rotatable bonds is 11. The number of nitrogens with zero attached hydrogens (tertiary/aromatic N) is 8. The number of para-hydroxylation sites is 2. The van der Waals surface area contributed by atoms with Gasteiger partial charge in [-0.15, -0.1) is 0 Å². The summed E-state index contributed by atoms with van der Waals surface area (Å²) in [6.45, 7) is 0. The van der Waals surface area contributed by atoms with Gasteiger partial charge in [0.05, 0.1) is 33.2 Å². The van der Waals surface area contributed by atoms with Crippen molar-refractivity contribution in [3.8, 4) is 113 Å². The highest BCUT2D eigenvalue weighted by atomic mass is 19.4. The zero-order valence-corrected chi connectivity index (χ0v) is 49.6. The van der Waals surface area contributed by atoms with Crippen molar-refractivity contribution in [1.82, 2.24) is 39.0 Å². The highest BCUT2D eigenvalue weighted by Gasteiger charge is 2.33. The van der Waals surface area contributed by atoms with Gasteiger partial charge in [-0.25, -0.2) is 29.9 Å². The van der Waals surface area contributed by atoms with Gasteiger partial charge in [0.15, 0.2) is 34.9 Å². The fourth-order valence-corrected chi connectivity index (χ4v) is 12.7. The Bertz CT molecular complexity index is 5130. The second-order valence-electron chi connectivity index (χ2n) is 22.9. The summed E-state index contributed by atoms with van der Waals surface area (Å²) in [5.74, 6) is 2.51. The molecule has 0 saturated carbocycles. The van der Waals surface area contributed by atoms with Gasteiger partial charge in [-0.3, -0.25) is 0 Å². The van der Waals surface area contributed by atoms with Gasteiger partial charge in [0.2, 0.25) is 0 Å². The predicted octanol–water partition coefficient (Wildman–Crippen LogP) is 21.3. The first-order valence-corrected chi connectivity index (χ1v) is 30.3. The van der Waals surface area contributed by atoms with Crippen molar-refractivity contribution in [3.05, 3.63) is 302 Å². The zero-order chi connectivity index (χ0) is 63.7. The smallest absolute Gasteiger partial charge is 0.309 e. The van der Waals surface area contributed by atoms with Gasteiger partial charge in [-0.2, -0.15) is 26.3 Å². The molecule has 4 heterocycles. The average Bonchev–Trinajstić information content (AvgIpc) is 1.56. The molecule has 0 N–H and O–H groups in total. The quantitative estimate of drug-likeness (QED) is 0.120. The Balaban J connectivity index is 0.942. The lowest BCUT2D eigenvalue weighted by atomic mass is 9.88. The van der Waals surface area contributed by atoms with Crippen molar-refractivity contribution < 1.29 is 26.3 Å². The van der Waals surface area contributed by atoms with Crippen molar-refractivity contribution in [2.75, 3.05) is 0 Å². The Labute approximate surface area is 534 Å². The van der Waals surface area contributed by atoms with Crippen LogP contribution in [0.25, 0.3) is 157 Å². The molecular weight excluding hydrogens is 1190 g/mol. The summed E-state index contributed by atoms with van der Waals surface area (Å²) < 4.78 is 91.4. The molecule has 16 aromatic rings. The normalized spacial score (nSPS) is 11.9. The van der Waals surface area contributed by atoms with E-state index in [4.69, 9.17) is 29.9 Å². The van der Waals surface area contributed by atoms with Gasteiger partial charge >= 0.3 is 12.4 Å². The molecule has 16 rings (SSSR count). The first-order valence-electron chi connectivity index (χ1n) is 30.3. The molecule has 0 saturated heterocycles. The second-order valence-corrected chi connectivity index (χ2v) is 22.9. The van der Waals surface area contributed by atoms with E-state index in [9.17, 15) is 26.3 Å². The summed E-state index contributed by atoms with van der Waals surface area (Å²) in [5, 5.41) is 2.15. The van der Waals surface area contributed by atoms with Crippen LogP contribution >= 0.6 is 0 Å². The Kier molecular flexibility index (Phi) is 13.9. The van der Waals surface area contributed by atoms with Crippen molar-refractivity contribution in [2.24, 2.45) is 0 Å². The molecule has 8 nitrogen and oxygen atoms in total. The Hall–Kier alpha value is -12.2. The minimum Gasteiger partial charge on any atom is -0.309 e. The standard InChI is InChI=1S/C80H48F6N8/c81-79(82,83)57-37-39-71-67(47-57)65-33-17-19-35-69(65)93(71)59-43-53(41-55(45-59)77-89-73(49-21-5-1-6-22-49)87-74(90-77)50-23-7-2-8-24-50)61-29-13-15-31-63(61)64-32-16-14-30-62(64)54-42-56(78-91-75(51-25-9-3-10-26-51)88-76(92-78)52-27-11-4-12-28-52)46-60(44-54)94-70-36-20-18-34-66(70)68-48-58(80(84,85)86)38-40-72(68)94/h1-48H. The SMILES string of the molecule is FC(F)(F)c1ccc2c(c1)c1ccccc1n2-c1cc(-c2nc(-c3ccccc3)nc(-c3ccccc3)n2)cc(-c2ccccc2-c2ccccc2-c2cc(-c3nc(-c4ccccc4)nc(-c4ccccc4)n3)cc(-n3c4ccccc4c4cc(C(F)(F)F)ccc43)c2)c1. The zero-order valence-electron chi connectivity index (χ0n) is 49.6. The van der Waals surface area contributed by atoms with Crippen LogP contribution < -0.4 is 0 Å². The molecule has 0 unspecified atom stereocenters. The van der Waals surface area contributed by atoms with Crippen LogP contribution in [0.2, 0.25) is 0 Å². The van der Waals surface area contributed by atoms with E-state index in [1.54, 1.807) is 0 Å². The molecule has 450 valence electrons. The molecule has 0 fully saturated rings. The van der Waals surface area contributed by atoms with Gasteiger partial charge in [-0.05, 0) is 118 Å². The van der Waals surface area contributed by atoms with Gasteiger partial charge in [0.1, 0.15) is 0 Å². The van der Waals surface area contributed by atoms with E-state index in [0.717, 1.165) is 67.8 Å². The monoisotopic (exact) mass is 1230 g/mol. The van der Waals surface area contributed by atoms with Crippen molar-refractivity contribution in [3.63, 3.8) is 0 Å². The molecule has 14 heteroatoms. The van der Waals surface area contributed by atoms with E-state index < -0.39 is 23.5 Å². The number of hydrogen-bond acceptors (Lipinski definition) is 6. The predicted molar refractivity (Wildman–Crippen MR) is 361 cm³/mol. The van der Waals surface area contributed by atoms with Crippen LogP contribution in [-0.4, -0.2) is 39.0 Å². The van der Waals surface area contributed by atoms with Gasteiger partial charge < -0.3 is 9.13 Å². The van der Waals surface area contributed by atoms with Crippen molar-refractivity contribution in [2.45, 2.75) is 12.4 Å². The minimum absolute atomic E-state index is 0.363. The lowest BCUT2D eigenvalue weighted by Gasteiger charge is -2.19. The highest BCUT2D eigenvalue weighted by Crippen LogP contribution is 2.45. The summed E-state index contributed by atoms with van der Waals surface area (Å²) >= 11 is 0. The van der Waals surface area contributed by atoms with E-state index >= 15 is 0 Å². The topological polar surface area (TPSA) is 87.2 Å². The molecule has 12 aromatic carbocycles. The summed E-state index contributed by atoms with van der Waals surface area (Å²) in [6, 6.07) is 89.5. The third-order valence-corrected chi connectivity index (χ3v) is 17.0. The lowest BCUT2D eigenvalue weighted by Crippen LogP contribution is -2.04. The Morgan fingerprint density at radius 3 is 0.809 bits per heavy atom. The van der Waals surface area contributed by atoms with E-state index in [-0.39, 0.29) is 0 Å². The molecule has 0 spiro atoms. The maximum atomic E-state index is 14.6. The maximum absolute atomic E-state index is 14.6. The summed E-state index contributed by atoms with van der Waals surface area (Å²) in [7, 11) is 0. The van der Waals surface area contributed by atoms with Crippen LogP contribution in [0.3, 0.4) is 0 Å². The average molecular weight is 1240 g/mol. The number of aromatic nitrogens is 8. The van der Waals surface area contributed by atoms with Crippen molar-refractivity contribution >= 4 is 43.6 Å². The van der Waals surface area contributed by atoms with Crippen molar-refractivity contribution in [1.29, 1.82) is 0 Å². The molecular formula is C80H48F6N8. The molecule has 0 aliphatic heterocycles. The molecule has 0 atom stereocenters. The fourth-order valence-electron chi connectivity index (χ4n) is 12.7. The van der Waals surface area contributed by atoms with E-state index in [1.165, 1.54) is 24.3 Å². The van der Waals surface area contributed by atoms with E-state index in [0.29, 0.717) is 101 Å².